The number of carbonyl (C=O) groups excluding carboxylic acids is 1. The van der Waals surface area contributed by atoms with E-state index in [2.05, 4.69) is 19.2 Å². The number of anilines is 1. The van der Waals surface area contributed by atoms with Crippen LogP contribution < -0.4 is 5.32 Å². The number of amides is 1. The van der Waals surface area contributed by atoms with Crippen LogP contribution in [0.15, 0.2) is 24.3 Å². The Bertz CT molecular complexity index is 726. The fourth-order valence-corrected chi connectivity index (χ4v) is 4.16. The summed E-state index contributed by atoms with van der Waals surface area (Å²) in [6.07, 6.45) is 0. The summed E-state index contributed by atoms with van der Waals surface area (Å²) in [5, 5.41) is 3.03. The molecule has 0 bridgehead atoms. The van der Waals surface area contributed by atoms with Gasteiger partial charge in [0, 0.05) is 46.0 Å². The van der Waals surface area contributed by atoms with E-state index in [9.17, 15) is 13.2 Å². The standard InChI is InChI=1S/C18H30N4O3S/c1-14(2)16-8-6-7-9-17(16)19-18(23)15(3)21-10-12-22(13-11-21)26(24,25)20(4)5/h6-9,14-15H,10-13H2,1-5H3,(H,19,23)/t15-/m1/s1. The number of benzene rings is 1. The highest BCUT2D eigenvalue weighted by Gasteiger charge is 2.32. The van der Waals surface area contributed by atoms with Crippen LogP contribution >= 0.6 is 0 Å². The molecule has 1 atom stereocenters. The van der Waals surface area contributed by atoms with Crippen molar-refractivity contribution in [3.05, 3.63) is 29.8 Å². The lowest BCUT2D eigenvalue weighted by molar-refractivity contribution is -0.121. The summed E-state index contributed by atoms with van der Waals surface area (Å²) in [5.41, 5.74) is 1.95. The molecule has 1 heterocycles. The number of rotatable bonds is 6. The number of hydrogen-bond acceptors (Lipinski definition) is 4. The molecule has 1 aliphatic heterocycles. The molecule has 26 heavy (non-hydrogen) atoms. The molecular weight excluding hydrogens is 352 g/mol. The van der Waals surface area contributed by atoms with Gasteiger partial charge >= 0.3 is 0 Å². The maximum absolute atomic E-state index is 12.7. The van der Waals surface area contributed by atoms with E-state index >= 15 is 0 Å². The molecule has 146 valence electrons. The molecule has 8 heteroatoms. The van der Waals surface area contributed by atoms with Gasteiger partial charge in [-0.05, 0) is 24.5 Å². The molecule has 1 N–H and O–H groups in total. The Morgan fingerprint density at radius 1 is 1.08 bits per heavy atom. The van der Waals surface area contributed by atoms with Gasteiger partial charge in [-0.3, -0.25) is 9.69 Å². The maximum Gasteiger partial charge on any atom is 0.281 e. The summed E-state index contributed by atoms with van der Waals surface area (Å²) < 4.78 is 27.1. The van der Waals surface area contributed by atoms with Gasteiger partial charge in [0.05, 0.1) is 6.04 Å². The summed E-state index contributed by atoms with van der Waals surface area (Å²) in [4.78, 5) is 14.7. The zero-order valence-corrected chi connectivity index (χ0v) is 17.1. The van der Waals surface area contributed by atoms with Crippen LogP contribution in [0.5, 0.6) is 0 Å². The monoisotopic (exact) mass is 382 g/mol. The van der Waals surface area contributed by atoms with Crippen LogP contribution in [0.4, 0.5) is 5.69 Å². The molecule has 0 aromatic heterocycles. The fraction of sp³-hybridized carbons (Fsp3) is 0.611. The van der Waals surface area contributed by atoms with E-state index in [1.165, 1.54) is 22.7 Å². The molecule has 1 aliphatic rings. The van der Waals surface area contributed by atoms with Gasteiger partial charge in [-0.25, -0.2) is 0 Å². The summed E-state index contributed by atoms with van der Waals surface area (Å²) in [6, 6.07) is 7.51. The van der Waals surface area contributed by atoms with Crippen LogP contribution in [0, 0.1) is 0 Å². The van der Waals surface area contributed by atoms with Crippen molar-refractivity contribution in [2.45, 2.75) is 32.7 Å². The number of piperazine rings is 1. The number of nitrogens with one attached hydrogen (secondary N) is 1. The van der Waals surface area contributed by atoms with Crippen molar-refractivity contribution in [2.75, 3.05) is 45.6 Å². The highest BCUT2D eigenvalue weighted by molar-refractivity contribution is 7.86. The third-order valence-electron chi connectivity index (χ3n) is 4.83. The normalized spacial score (nSPS) is 18.3. The molecule has 7 nitrogen and oxygen atoms in total. The van der Waals surface area contributed by atoms with Crippen molar-refractivity contribution in [3.8, 4) is 0 Å². The Balaban J connectivity index is 1.98. The van der Waals surface area contributed by atoms with E-state index in [0.29, 0.717) is 32.1 Å². The highest BCUT2D eigenvalue weighted by Crippen LogP contribution is 2.24. The largest absolute Gasteiger partial charge is 0.324 e. The molecule has 1 amide bonds. The first-order chi connectivity index (χ1) is 12.1. The van der Waals surface area contributed by atoms with Crippen molar-refractivity contribution in [1.29, 1.82) is 0 Å². The van der Waals surface area contributed by atoms with E-state index in [1.807, 2.05) is 36.1 Å². The quantitative estimate of drug-likeness (QED) is 0.810. The molecule has 0 unspecified atom stereocenters. The average Bonchev–Trinajstić information content (AvgIpc) is 2.61. The zero-order valence-electron chi connectivity index (χ0n) is 16.3. The molecule has 1 saturated heterocycles. The minimum Gasteiger partial charge on any atom is -0.324 e. The van der Waals surface area contributed by atoms with E-state index in [0.717, 1.165) is 11.3 Å². The molecule has 0 aliphatic carbocycles. The van der Waals surface area contributed by atoms with Gasteiger partial charge in [0.15, 0.2) is 0 Å². The first-order valence-corrected chi connectivity index (χ1v) is 10.4. The van der Waals surface area contributed by atoms with Crippen LogP contribution in [0.2, 0.25) is 0 Å². The van der Waals surface area contributed by atoms with Gasteiger partial charge < -0.3 is 5.32 Å². The molecular formula is C18H30N4O3S. The fourth-order valence-electron chi connectivity index (χ4n) is 3.07. The summed E-state index contributed by atoms with van der Waals surface area (Å²) in [6.45, 7) is 7.91. The van der Waals surface area contributed by atoms with Gasteiger partial charge in [0.25, 0.3) is 10.2 Å². The number of carbonyl (C=O) groups is 1. The van der Waals surface area contributed by atoms with Crippen LogP contribution in [-0.2, 0) is 15.0 Å². The second-order valence-electron chi connectivity index (χ2n) is 7.13. The summed E-state index contributed by atoms with van der Waals surface area (Å²) in [5.74, 6) is 0.253. The van der Waals surface area contributed by atoms with Crippen molar-refractivity contribution in [1.82, 2.24) is 13.5 Å². The molecule has 1 fully saturated rings. The SMILES string of the molecule is CC(C)c1ccccc1NC(=O)[C@@H](C)N1CCN(S(=O)(=O)N(C)C)CC1. The molecule has 2 rings (SSSR count). The predicted molar refractivity (Wildman–Crippen MR) is 104 cm³/mol. The summed E-state index contributed by atoms with van der Waals surface area (Å²) in [7, 11) is -0.330. The van der Waals surface area contributed by atoms with E-state index in [-0.39, 0.29) is 11.9 Å². The first-order valence-electron chi connectivity index (χ1n) is 8.96. The molecule has 1 aromatic carbocycles. The van der Waals surface area contributed by atoms with Gasteiger partial charge in [-0.2, -0.15) is 17.0 Å². The third-order valence-corrected chi connectivity index (χ3v) is 6.77. The molecule has 1 aromatic rings. The molecule has 0 spiro atoms. The van der Waals surface area contributed by atoms with Crippen LogP contribution in [0.1, 0.15) is 32.3 Å². The lowest BCUT2D eigenvalue weighted by Crippen LogP contribution is -2.55. The van der Waals surface area contributed by atoms with Crippen LogP contribution in [0.3, 0.4) is 0 Å². The lowest BCUT2D eigenvalue weighted by Gasteiger charge is -2.37. The minimum absolute atomic E-state index is 0.0676. The van der Waals surface area contributed by atoms with Crippen LogP contribution in [-0.4, -0.2) is 74.2 Å². The zero-order chi connectivity index (χ0) is 19.5. The van der Waals surface area contributed by atoms with Gasteiger partial charge in [0.2, 0.25) is 5.91 Å². The molecule has 0 radical (unpaired) electrons. The Morgan fingerprint density at radius 2 is 1.65 bits per heavy atom. The lowest BCUT2D eigenvalue weighted by atomic mass is 10.0. The second kappa shape index (κ2) is 8.47. The van der Waals surface area contributed by atoms with E-state index in [1.54, 1.807) is 0 Å². The van der Waals surface area contributed by atoms with E-state index in [4.69, 9.17) is 0 Å². The minimum atomic E-state index is -3.39. The van der Waals surface area contributed by atoms with Crippen molar-refractivity contribution < 1.29 is 13.2 Å². The van der Waals surface area contributed by atoms with Gasteiger partial charge in [0.1, 0.15) is 0 Å². The number of para-hydroxylation sites is 1. The van der Waals surface area contributed by atoms with Crippen molar-refractivity contribution in [3.63, 3.8) is 0 Å². The molecule has 0 saturated carbocycles. The number of nitrogens with zero attached hydrogens (tertiary/aromatic N) is 3. The smallest absolute Gasteiger partial charge is 0.281 e. The first kappa shape index (κ1) is 20.8. The van der Waals surface area contributed by atoms with Crippen LogP contribution in [0.25, 0.3) is 0 Å². The van der Waals surface area contributed by atoms with Gasteiger partial charge in [-0.15, -0.1) is 0 Å². The van der Waals surface area contributed by atoms with Gasteiger partial charge in [-0.1, -0.05) is 32.0 Å². The highest BCUT2D eigenvalue weighted by atomic mass is 32.2. The number of hydrogen-bond donors (Lipinski definition) is 1. The van der Waals surface area contributed by atoms with Crippen molar-refractivity contribution in [2.24, 2.45) is 0 Å². The summed E-state index contributed by atoms with van der Waals surface area (Å²) >= 11 is 0. The van der Waals surface area contributed by atoms with Crippen molar-refractivity contribution >= 4 is 21.8 Å². The Hall–Kier alpha value is -1.48. The van der Waals surface area contributed by atoms with E-state index < -0.39 is 10.2 Å². The Morgan fingerprint density at radius 3 is 2.19 bits per heavy atom. The maximum atomic E-state index is 12.7. The Labute approximate surface area is 157 Å². The predicted octanol–water partition coefficient (Wildman–Crippen LogP) is 1.56. The average molecular weight is 383 g/mol. The Kier molecular flexibility index (Phi) is 6.79. The second-order valence-corrected chi connectivity index (χ2v) is 9.27. The topological polar surface area (TPSA) is 73.0 Å². The third kappa shape index (κ3) is 4.62.